The van der Waals surface area contributed by atoms with Gasteiger partial charge in [-0.25, -0.2) is 0 Å². The van der Waals surface area contributed by atoms with Gasteiger partial charge in [-0.1, -0.05) is 72.8 Å². The highest BCUT2D eigenvalue weighted by atomic mass is 16.1. The Morgan fingerprint density at radius 2 is 1.04 bits per heavy atom. The average Bonchev–Trinajstić information content (AvgIpc) is 3.23. The van der Waals surface area contributed by atoms with Crippen molar-refractivity contribution in [2.45, 2.75) is 6.42 Å². The number of rotatable bonds is 4. The maximum absolute atomic E-state index is 13.0. The molecule has 4 rings (SSSR count). The number of hydrogen-bond donors (Lipinski definition) is 0. The molecule has 2 nitrogen and oxygen atoms in total. The van der Waals surface area contributed by atoms with Crippen LogP contribution < -0.4 is 0 Å². The Labute approximate surface area is 135 Å². The normalized spacial score (nSPS) is 28.0. The summed E-state index contributed by atoms with van der Waals surface area (Å²) in [6.07, 6.45) is 5.18. The zero-order chi connectivity index (χ0) is 15.8. The fraction of sp³-hybridized carbons (Fsp3) is 0.238. The molecule has 0 aliphatic heterocycles. The summed E-state index contributed by atoms with van der Waals surface area (Å²) in [5.74, 6) is 0.171. The Morgan fingerprint density at radius 1 is 0.652 bits per heavy atom. The van der Waals surface area contributed by atoms with Crippen molar-refractivity contribution in [1.82, 2.24) is 0 Å². The quantitative estimate of drug-likeness (QED) is 0.627. The number of allylic oxidation sites excluding steroid dienone is 2. The van der Waals surface area contributed by atoms with Crippen molar-refractivity contribution in [3.8, 4) is 0 Å². The lowest BCUT2D eigenvalue weighted by Gasteiger charge is -2.26. The van der Waals surface area contributed by atoms with Crippen LogP contribution in [0.25, 0.3) is 0 Å². The first-order valence-electron chi connectivity index (χ1n) is 8.12. The van der Waals surface area contributed by atoms with E-state index in [0.29, 0.717) is 11.1 Å². The van der Waals surface area contributed by atoms with Gasteiger partial charge in [-0.05, 0) is 18.3 Å². The lowest BCUT2D eigenvalue weighted by molar-refractivity contribution is 0.0752. The van der Waals surface area contributed by atoms with Crippen LogP contribution in [0.4, 0.5) is 0 Å². The third kappa shape index (κ3) is 2.35. The predicted octanol–water partition coefficient (Wildman–Crippen LogP) is 4.19. The first-order valence-corrected chi connectivity index (χ1v) is 8.12. The predicted molar refractivity (Wildman–Crippen MR) is 89.3 cm³/mol. The van der Waals surface area contributed by atoms with E-state index in [-0.39, 0.29) is 35.2 Å². The SMILES string of the molecule is O=C(c1ccccc1)C1C2C=CC(C2)C1C(=O)c1ccccc1. The van der Waals surface area contributed by atoms with Crippen molar-refractivity contribution >= 4 is 11.6 Å². The molecule has 114 valence electrons. The number of carbonyl (C=O) groups is 2. The van der Waals surface area contributed by atoms with Crippen LogP contribution >= 0.6 is 0 Å². The summed E-state index contributed by atoms with van der Waals surface area (Å²) in [4.78, 5) is 26.0. The average molecular weight is 302 g/mol. The zero-order valence-electron chi connectivity index (χ0n) is 12.8. The van der Waals surface area contributed by atoms with Crippen molar-refractivity contribution in [1.29, 1.82) is 0 Å². The maximum Gasteiger partial charge on any atom is 0.167 e. The molecule has 23 heavy (non-hydrogen) atoms. The Hall–Kier alpha value is -2.48. The third-order valence-electron chi connectivity index (χ3n) is 5.18. The van der Waals surface area contributed by atoms with Crippen LogP contribution in [0, 0.1) is 23.7 Å². The summed E-state index contributed by atoms with van der Waals surface area (Å²) in [5, 5.41) is 0. The van der Waals surface area contributed by atoms with Crippen LogP contribution in [0.3, 0.4) is 0 Å². The highest BCUT2D eigenvalue weighted by Gasteiger charge is 2.51. The summed E-state index contributed by atoms with van der Waals surface area (Å²) in [5.41, 5.74) is 1.42. The third-order valence-corrected chi connectivity index (χ3v) is 5.18. The van der Waals surface area contributed by atoms with E-state index in [1.165, 1.54) is 0 Å². The Bertz CT molecular complexity index is 695. The highest BCUT2D eigenvalue weighted by molar-refractivity contribution is 6.06. The number of carbonyl (C=O) groups excluding carboxylic acids is 2. The molecule has 0 amide bonds. The molecule has 1 saturated carbocycles. The second-order valence-electron chi connectivity index (χ2n) is 6.46. The van der Waals surface area contributed by atoms with Crippen molar-refractivity contribution < 1.29 is 9.59 Å². The van der Waals surface area contributed by atoms with E-state index >= 15 is 0 Å². The van der Waals surface area contributed by atoms with Crippen molar-refractivity contribution in [3.63, 3.8) is 0 Å². The van der Waals surface area contributed by atoms with E-state index in [1.807, 2.05) is 60.7 Å². The Kier molecular flexibility index (Phi) is 3.45. The molecular weight excluding hydrogens is 284 g/mol. The lowest BCUT2D eigenvalue weighted by Crippen LogP contribution is -2.33. The maximum atomic E-state index is 13.0. The number of benzene rings is 2. The van der Waals surface area contributed by atoms with Gasteiger partial charge >= 0.3 is 0 Å². The van der Waals surface area contributed by atoms with Crippen LogP contribution in [0.2, 0.25) is 0 Å². The molecule has 4 unspecified atom stereocenters. The summed E-state index contributed by atoms with van der Waals surface area (Å²) in [6, 6.07) is 18.7. The molecule has 2 aliphatic rings. The fourth-order valence-electron chi connectivity index (χ4n) is 4.13. The minimum atomic E-state index is -0.222. The van der Waals surface area contributed by atoms with Crippen LogP contribution in [0.15, 0.2) is 72.8 Å². The van der Waals surface area contributed by atoms with Crippen LogP contribution in [-0.2, 0) is 0 Å². The molecule has 1 fully saturated rings. The van der Waals surface area contributed by atoms with Gasteiger partial charge in [0.05, 0.1) is 0 Å². The minimum absolute atomic E-state index is 0.108. The molecule has 2 heteroatoms. The largest absolute Gasteiger partial charge is 0.294 e. The molecule has 2 aliphatic carbocycles. The van der Waals surface area contributed by atoms with E-state index in [1.54, 1.807) is 0 Å². The van der Waals surface area contributed by atoms with Gasteiger partial charge in [0.15, 0.2) is 11.6 Å². The van der Waals surface area contributed by atoms with Crippen LogP contribution in [0.5, 0.6) is 0 Å². The van der Waals surface area contributed by atoms with E-state index in [9.17, 15) is 9.59 Å². The molecule has 2 aromatic carbocycles. The molecule has 0 heterocycles. The fourth-order valence-corrected chi connectivity index (χ4v) is 4.13. The Morgan fingerprint density at radius 3 is 1.43 bits per heavy atom. The van der Waals surface area contributed by atoms with Gasteiger partial charge in [-0.15, -0.1) is 0 Å². The summed E-state index contributed by atoms with van der Waals surface area (Å²) in [7, 11) is 0. The molecule has 0 radical (unpaired) electrons. The van der Waals surface area contributed by atoms with E-state index < -0.39 is 0 Å². The molecular formula is C21H18O2. The second-order valence-corrected chi connectivity index (χ2v) is 6.46. The number of ketones is 2. The Balaban J connectivity index is 1.69. The van der Waals surface area contributed by atoms with Gasteiger partial charge in [0.1, 0.15) is 0 Å². The molecule has 4 atom stereocenters. The smallest absolute Gasteiger partial charge is 0.167 e. The number of fused-ring (bicyclic) bond motifs is 2. The summed E-state index contributed by atoms with van der Waals surface area (Å²) >= 11 is 0. The van der Waals surface area contributed by atoms with Crippen molar-refractivity contribution in [3.05, 3.63) is 83.9 Å². The molecule has 2 bridgehead atoms. The first-order chi connectivity index (χ1) is 11.3. The summed E-state index contributed by atoms with van der Waals surface area (Å²) in [6.45, 7) is 0. The van der Waals surface area contributed by atoms with Gasteiger partial charge in [-0.3, -0.25) is 9.59 Å². The van der Waals surface area contributed by atoms with Crippen molar-refractivity contribution in [2.24, 2.45) is 23.7 Å². The number of hydrogen-bond acceptors (Lipinski definition) is 2. The lowest BCUT2D eigenvalue weighted by atomic mass is 9.75. The van der Waals surface area contributed by atoms with Crippen LogP contribution in [0.1, 0.15) is 27.1 Å². The van der Waals surface area contributed by atoms with Crippen molar-refractivity contribution in [2.75, 3.05) is 0 Å². The van der Waals surface area contributed by atoms with Gasteiger partial charge in [0, 0.05) is 23.0 Å². The number of Topliss-reactive ketones (excluding diaryl/α,β-unsaturated/α-hetero) is 2. The topological polar surface area (TPSA) is 34.1 Å². The van der Waals surface area contributed by atoms with Crippen LogP contribution in [-0.4, -0.2) is 11.6 Å². The van der Waals surface area contributed by atoms with Gasteiger partial charge < -0.3 is 0 Å². The van der Waals surface area contributed by atoms with Gasteiger partial charge in [0.2, 0.25) is 0 Å². The molecule has 0 aromatic heterocycles. The highest BCUT2D eigenvalue weighted by Crippen LogP contribution is 2.50. The molecule has 0 saturated heterocycles. The van der Waals surface area contributed by atoms with Gasteiger partial charge in [-0.2, -0.15) is 0 Å². The minimum Gasteiger partial charge on any atom is -0.294 e. The van der Waals surface area contributed by atoms with E-state index in [0.717, 1.165) is 6.42 Å². The van der Waals surface area contributed by atoms with E-state index in [2.05, 4.69) is 12.2 Å². The second kappa shape index (κ2) is 5.62. The molecule has 0 spiro atoms. The zero-order valence-corrected chi connectivity index (χ0v) is 12.8. The van der Waals surface area contributed by atoms with Gasteiger partial charge in [0.25, 0.3) is 0 Å². The monoisotopic (exact) mass is 302 g/mol. The summed E-state index contributed by atoms with van der Waals surface area (Å²) < 4.78 is 0. The van der Waals surface area contributed by atoms with E-state index in [4.69, 9.17) is 0 Å². The first kappa shape index (κ1) is 14.1. The molecule has 2 aromatic rings. The standard InChI is InChI=1S/C21H18O2/c22-20(14-7-3-1-4-8-14)18-16-11-12-17(13-16)19(18)21(23)15-9-5-2-6-10-15/h1-12,16-19H,13H2. The molecule has 0 N–H and O–H groups in total.